The number of nitrogens with one attached hydrogen (secondary N) is 2. The minimum absolute atomic E-state index is 0. The average molecular weight is 507 g/mol. The molecule has 2 N–H and O–H groups in total. The Morgan fingerprint density at radius 2 is 1.96 bits per heavy atom. The molecule has 0 atom stereocenters. The van der Waals surface area contributed by atoms with Crippen LogP contribution in [0.15, 0.2) is 4.99 Å². The van der Waals surface area contributed by atoms with Gasteiger partial charge in [-0.3, -0.25) is 4.99 Å². The molecule has 2 rings (SSSR count). The van der Waals surface area contributed by atoms with E-state index >= 15 is 0 Å². The highest BCUT2D eigenvalue weighted by Gasteiger charge is 2.14. The highest BCUT2D eigenvalue weighted by Crippen LogP contribution is 2.15. The summed E-state index contributed by atoms with van der Waals surface area (Å²) in [5, 5.41) is 15.5. The number of aryl methyl sites for hydroxylation is 2. The lowest BCUT2D eigenvalue weighted by Gasteiger charge is -2.18. The van der Waals surface area contributed by atoms with Gasteiger partial charge >= 0.3 is 0 Å². The fourth-order valence-corrected chi connectivity index (χ4v) is 3.36. The van der Waals surface area contributed by atoms with Crippen molar-refractivity contribution in [1.82, 2.24) is 30.3 Å². The molecule has 0 fully saturated rings. The second-order valence-corrected chi connectivity index (χ2v) is 7.17. The number of guanidine groups is 1. The van der Waals surface area contributed by atoms with Gasteiger partial charge in [-0.2, -0.15) is 0 Å². The molecule has 0 spiro atoms. The molecule has 8 nitrogen and oxygen atoms in total. The lowest BCUT2D eigenvalue weighted by molar-refractivity contribution is 0.180. The summed E-state index contributed by atoms with van der Waals surface area (Å²) in [6.45, 7) is 5.68. The zero-order chi connectivity index (χ0) is 19.3. The monoisotopic (exact) mass is 507 g/mol. The molecule has 0 aliphatic carbocycles. The fraction of sp³-hybridized carbons (Fsp3) is 0.842. The van der Waals surface area contributed by atoms with Crippen LogP contribution in [0, 0.1) is 0 Å². The molecule has 1 aliphatic heterocycles. The zero-order valence-electron chi connectivity index (χ0n) is 17.7. The van der Waals surface area contributed by atoms with Crippen molar-refractivity contribution < 1.29 is 4.74 Å². The number of rotatable bonds is 11. The van der Waals surface area contributed by atoms with Gasteiger partial charge in [0.2, 0.25) is 0 Å². The van der Waals surface area contributed by atoms with Crippen molar-refractivity contribution in [3.63, 3.8) is 0 Å². The summed E-state index contributed by atoms with van der Waals surface area (Å²) >= 11 is 0. The van der Waals surface area contributed by atoms with Crippen molar-refractivity contribution in [2.75, 3.05) is 54.0 Å². The van der Waals surface area contributed by atoms with Gasteiger partial charge in [0, 0.05) is 66.3 Å². The number of ether oxygens (including phenoxy) is 1. The van der Waals surface area contributed by atoms with E-state index < -0.39 is 0 Å². The van der Waals surface area contributed by atoms with E-state index in [1.54, 1.807) is 7.11 Å². The third kappa shape index (κ3) is 9.04. The van der Waals surface area contributed by atoms with Crippen LogP contribution in [0.3, 0.4) is 0 Å². The molecule has 0 aromatic carbocycles. The van der Waals surface area contributed by atoms with Gasteiger partial charge in [-0.25, -0.2) is 0 Å². The van der Waals surface area contributed by atoms with Gasteiger partial charge in [-0.1, -0.05) is 6.42 Å². The standard InChI is InChI=1S/C19H37N7O.HI/c1-20-19(22-12-15-25(2)13-8-16-27-3)21-11-7-10-18-24-23-17-9-5-4-6-14-26(17)18;/h4-16H2,1-3H3,(H2,20,21,22);1H. The number of halogens is 1. The Bertz CT molecular complexity index is 564. The lowest BCUT2D eigenvalue weighted by atomic mass is 10.2. The topological polar surface area (TPSA) is 79.6 Å². The summed E-state index contributed by atoms with van der Waals surface area (Å²) in [6, 6.07) is 0. The Hall–Kier alpha value is -0.940. The Morgan fingerprint density at radius 3 is 2.75 bits per heavy atom. The van der Waals surface area contributed by atoms with E-state index in [0.717, 1.165) is 76.8 Å². The highest BCUT2D eigenvalue weighted by atomic mass is 127. The quantitative estimate of drug-likeness (QED) is 0.206. The maximum absolute atomic E-state index is 5.09. The van der Waals surface area contributed by atoms with Crippen LogP contribution in [-0.2, 0) is 24.1 Å². The largest absolute Gasteiger partial charge is 0.385 e. The van der Waals surface area contributed by atoms with Crippen LogP contribution < -0.4 is 10.6 Å². The zero-order valence-corrected chi connectivity index (χ0v) is 20.1. The van der Waals surface area contributed by atoms with E-state index in [4.69, 9.17) is 4.74 Å². The summed E-state index contributed by atoms with van der Waals surface area (Å²) < 4.78 is 7.42. The van der Waals surface area contributed by atoms with Gasteiger partial charge in [0.25, 0.3) is 0 Å². The van der Waals surface area contributed by atoms with Crippen LogP contribution >= 0.6 is 24.0 Å². The predicted molar refractivity (Wildman–Crippen MR) is 125 cm³/mol. The number of aromatic nitrogens is 3. The molecule has 0 saturated carbocycles. The number of aliphatic imine (C=N–C) groups is 1. The van der Waals surface area contributed by atoms with Crippen molar-refractivity contribution in [2.45, 2.75) is 51.5 Å². The van der Waals surface area contributed by atoms with Crippen LogP contribution in [0.2, 0.25) is 0 Å². The van der Waals surface area contributed by atoms with E-state index in [1.807, 2.05) is 7.05 Å². The first-order chi connectivity index (χ1) is 13.2. The highest BCUT2D eigenvalue weighted by molar-refractivity contribution is 14.0. The van der Waals surface area contributed by atoms with Crippen molar-refractivity contribution in [3.8, 4) is 0 Å². The summed E-state index contributed by atoms with van der Waals surface area (Å²) in [7, 11) is 5.70. The maximum Gasteiger partial charge on any atom is 0.191 e. The molecule has 1 aromatic rings. The first kappa shape index (κ1) is 25.1. The molecule has 0 bridgehead atoms. The number of hydrogen-bond donors (Lipinski definition) is 2. The van der Waals surface area contributed by atoms with E-state index in [0.29, 0.717) is 0 Å². The smallest absolute Gasteiger partial charge is 0.191 e. The summed E-state index contributed by atoms with van der Waals surface area (Å²) in [6.07, 6.45) is 7.90. The molecule has 28 heavy (non-hydrogen) atoms. The molecule has 9 heteroatoms. The Kier molecular flexibility index (Phi) is 13.4. The van der Waals surface area contributed by atoms with Crippen LogP contribution in [0.1, 0.15) is 43.8 Å². The van der Waals surface area contributed by atoms with Crippen molar-refractivity contribution >= 4 is 29.9 Å². The molecular formula is C19H38IN7O. The molecular weight excluding hydrogens is 469 g/mol. The van der Waals surface area contributed by atoms with Gasteiger partial charge < -0.3 is 24.8 Å². The molecule has 1 aromatic heterocycles. The van der Waals surface area contributed by atoms with Gasteiger partial charge in [-0.05, 0) is 32.7 Å². The molecule has 1 aliphatic rings. The Balaban J connectivity index is 0.00000392. The SMILES string of the molecule is CN=C(NCCCc1nnc2n1CCCCC2)NCCN(C)CCCOC.I. The number of nitrogens with zero attached hydrogens (tertiary/aromatic N) is 5. The third-order valence-electron chi connectivity index (χ3n) is 4.95. The summed E-state index contributed by atoms with van der Waals surface area (Å²) in [5.41, 5.74) is 0. The first-order valence-electron chi connectivity index (χ1n) is 10.3. The Morgan fingerprint density at radius 1 is 1.14 bits per heavy atom. The second-order valence-electron chi connectivity index (χ2n) is 7.17. The van der Waals surface area contributed by atoms with E-state index in [2.05, 4.69) is 42.3 Å². The number of hydrogen-bond acceptors (Lipinski definition) is 5. The molecule has 0 saturated heterocycles. The number of methoxy groups -OCH3 is 1. The van der Waals surface area contributed by atoms with Gasteiger partial charge in [0.1, 0.15) is 11.6 Å². The van der Waals surface area contributed by atoms with Crippen LogP contribution in [0.25, 0.3) is 0 Å². The van der Waals surface area contributed by atoms with Crippen LogP contribution in [-0.4, -0.2) is 79.6 Å². The summed E-state index contributed by atoms with van der Waals surface area (Å²) in [5.74, 6) is 3.16. The normalized spacial score (nSPS) is 14.4. The number of fused-ring (bicyclic) bond motifs is 1. The molecule has 0 unspecified atom stereocenters. The van der Waals surface area contributed by atoms with Crippen molar-refractivity contribution in [2.24, 2.45) is 4.99 Å². The summed E-state index contributed by atoms with van der Waals surface area (Å²) in [4.78, 5) is 6.60. The second kappa shape index (κ2) is 15.0. The van der Waals surface area contributed by atoms with E-state index in [-0.39, 0.29) is 24.0 Å². The van der Waals surface area contributed by atoms with Crippen molar-refractivity contribution in [1.29, 1.82) is 0 Å². The average Bonchev–Trinajstić information content (AvgIpc) is 2.90. The van der Waals surface area contributed by atoms with Gasteiger partial charge in [0.15, 0.2) is 5.96 Å². The lowest BCUT2D eigenvalue weighted by Crippen LogP contribution is -2.41. The molecule has 162 valence electrons. The fourth-order valence-electron chi connectivity index (χ4n) is 3.36. The molecule has 0 amide bonds. The van der Waals surface area contributed by atoms with Crippen LogP contribution in [0.4, 0.5) is 0 Å². The van der Waals surface area contributed by atoms with Gasteiger partial charge in [0.05, 0.1) is 0 Å². The number of likely N-dealkylation sites (N-methyl/N-ethyl adjacent to an activating group) is 1. The van der Waals surface area contributed by atoms with Crippen molar-refractivity contribution in [3.05, 3.63) is 11.6 Å². The maximum atomic E-state index is 5.09. The molecule has 2 heterocycles. The first-order valence-corrected chi connectivity index (χ1v) is 10.3. The third-order valence-corrected chi connectivity index (χ3v) is 4.95. The van der Waals surface area contributed by atoms with E-state index in [1.165, 1.54) is 25.1 Å². The van der Waals surface area contributed by atoms with Crippen LogP contribution in [0.5, 0.6) is 0 Å². The predicted octanol–water partition coefficient (Wildman–Crippen LogP) is 1.69. The molecule has 0 radical (unpaired) electrons. The minimum Gasteiger partial charge on any atom is -0.385 e. The minimum atomic E-state index is 0. The van der Waals surface area contributed by atoms with Gasteiger partial charge in [-0.15, -0.1) is 34.2 Å². The van der Waals surface area contributed by atoms with E-state index in [9.17, 15) is 0 Å². The Labute approximate surface area is 186 Å².